The maximum Gasteiger partial charge on any atom is 0.114 e. The van der Waals surface area contributed by atoms with Gasteiger partial charge in [-0.2, -0.15) is 0 Å². The summed E-state index contributed by atoms with van der Waals surface area (Å²) in [5.74, 6) is 0. The van der Waals surface area contributed by atoms with Crippen molar-refractivity contribution < 1.29 is 0 Å². The van der Waals surface area contributed by atoms with Gasteiger partial charge in [0.25, 0.3) is 0 Å². The van der Waals surface area contributed by atoms with E-state index >= 15 is 0 Å². The Balaban J connectivity index is 1.99. The predicted molar refractivity (Wildman–Crippen MR) is 108 cm³/mol. The summed E-state index contributed by atoms with van der Waals surface area (Å²) >= 11 is 0. The Bertz CT molecular complexity index is 974. The highest BCUT2D eigenvalue weighted by Gasteiger charge is 2.12. The smallest absolute Gasteiger partial charge is 0.0878 e. The van der Waals surface area contributed by atoms with Crippen LogP contribution in [-0.4, -0.2) is 7.85 Å². The minimum atomic E-state index is 0.798. The molecule has 0 saturated carbocycles. The molecule has 0 N–H and O–H groups in total. The van der Waals surface area contributed by atoms with E-state index in [1.54, 1.807) is 0 Å². The van der Waals surface area contributed by atoms with Crippen LogP contribution in [0.5, 0.6) is 0 Å². The summed E-state index contributed by atoms with van der Waals surface area (Å²) in [5, 5.41) is 0. The maximum absolute atomic E-state index is 6.53. The summed E-state index contributed by atoms with van der Waals surface area (Å²) in [5.41, 5.74) is 7.66. The Morgan fingerprint density at radius 2 is 0.920 bits per heavy atom. The predicted octanol–water partition coefficient (Wildman–Crippen LogP) is 5.48. The summed E-state index contributed by atoms with van der Waals surface area (Å²) in [7, 11) is 6.53. The average Bonchev–Trinajstić information content (AvgIpc) is 2.69. The van der Waals surface area contributed by atoms with E-state index in [1.807, 2.05) is 18.2 Å². The minimum Gasteiger partial charge on any atom is -0.0878 e. The zero-order chi connectivity index (χ0) is 17.1. The highest BCUT2D eigenvalue weighted by Crippen LogP contribution is 2.34. The SMILES string of the molecule is [B]c1cc(-c2ccccc2)cc(-c2ccccc2)c1-c1ccccc1. The molecule has 0 nitrogen and oxygen atoms in total. The lowest BCUT2D eigenvalue weighted by Gasteiger charge is -2.17. The van der Waals surface area contributed by atoms with Gasteiger partial charge in [0.05, 0.1) is 0 Å². The molecule has 0 bridgehead atoms. The van der Waals surface area contributed by atoms with Gasteiger partial charge >= 0.3 is 0 Å². The van der Waals surface area contributed by atoms with Crippen molar-refractivity contribution in [3.05, 3.63) is 103 Å². The molecule has 0 fully saturated rings. The quantitative estimate of drug-likeness (QED) is 0.439. The first-order valence-electron chi connectivity index (χ1n) is 8.43. The second-order valence-corrected chi connectivity index (χ2v) is 6.09. The van der Waals surface area contributed by atoms with Gasteiger partial charge in [-0.05, 0) is 39.4 Å². The average molecular weight is 316 g/mol. The lowest BCUT2D eigenvalue weighted by molar-refractivity contribution is 1.58. The first-order valence-corrected chi connectivity index (χ1v) is 8.43. The van der Waals surface area contributed by atoms with Gasteiger partial charge in [-0.15, -0.1) is 0 Å². The van der Waals surface area contributed by atoms with Gasteiger partial charge < -0.3 is 0 Å². The molecule has 2 radical (unpaired) electrons. The van der Waals surface area contributed by atoms with Crippen molar-refractivity contribution in [3.63, 3.8) is 0 Å². The van der Waals surface area contributed by atoms with Crippen LogP contribution in [0.2, 0.25) is 0 Å². The molecular weight excluding hydrogens is 299 g/mol. The number of hydrogen-bond donors (Lipinski definition) is 0. The van der Waals surface area contributed by atoms with Crippen LogP contribution in [0.3, 0.4) is 0 Å². The first-order chi connectivity index (χ1) is 12.3. The Morgan fingerprint density at radius 3 is 1.48 bits per heavy atom. The van der Waals surface area contributed by atoms with Gasteiger partial charge in [0.15, 0.2) is 0 Å². The van der Waals surface area contributed by atoms with Crippen LogP contribution in [-0.2, 0) is 0 Å². The number of benzene rings is 4. The molecule has 0 heterocycles. The monoisotopic (exact) mass is 316 g/mol. The summed E-state index contributed by atoms with van der Waals surface area (Å²) < 4.78 is 0. The molecule has 116 valence electrons. The molecule has 0 unspecified atom stereocenters. The molecule has 4 aromatic carbocycles. The number of hydrogen-bond acceptors (Lipinski definition) is 0. The Labute approximate surface area is 150 Å². The fourth-order valence-electron chi connectivity index (χ4n) is 3.23. The third kappa shape index (κ3) is 3.14. The van der Waals surface area contributed by atoms with E-state index in [0.29, 0.717) is 0 Å². The maximum atomic E-state index is 6.53. The second-order valence-electron chi connectivity index (χ2n) is 6.09. The standard InChI is InChI=1S/C24H17B/c25-23-17-21(18-10-4-1-5-11-18)16-22(19-12-6-2-7-13-19)24(23)20-14-8-3-9-15-20/h1-17H. The topological polar surface area (TPSA) is 0 Å². The molecule has 0 aliphatic heterocycles. The highest BCUT2D eigenvalue weighted by molar-refractivity contribution is 6.37. The van der Waals surface area contributed by atoms with Crippen LogP contribution in [0.1, 0.15) is 0 Å². The molecule has 1 heteroatoms. The zero-order valence-corrected chi connectivity index (χ0v) is 13.9. The fourth-order valence-corrected chi connectivity index (χ4v) is 3.23. The van der Waals surface area contributed by atoms with Crippen LogP contribution in [0.15, 0.2) is 103 Å². The van der Waals surface area contributed by atoms with Crippen LogP contribution in [0.4, 0.5) is 0 Å². The van der Waals surface area contributed by atoms with Gasteiger partial charge in [-0.1, -0.05) is 103 Å². The van der Waals surface area contributed by atoms with Crippen molar-refractivity contribution in [2.24, 2.45) is 0 Å². The molecule has 0 saturated heterocycles. The zero-order valence-electron chi connectivity index (χ0n) is 13.9. The normalized spacial score (nSPS) is 10.6. The Kier molecular flexibility index (Phi) is 4.22. The summed E-state index contributed by atoms with van der Waals surface area (Å²) in [6.07, 6.45) is 0. The van der Waals surface area contributed by atoms with Crippen molar-refractivity contribution in [2.75, 3.05) is 0 Å². The minimum absolute atomic E-state index is 0.798. The molecule has 0 aliphatic carbocycles. The lowest BCUT2D eigenvalue weighted by Crippen LogP contribution is -2.09. The lowest BCUT2D eigenvalue weighted by atomic mass is 9.80. The molecule has 4 rings (SSSR count). The fraction of sp³-hybridized carbons (Fsp3) is 0. The third-order valence-electron chi connectivity index (χ3n) is 4.42. The molecule has 0 aliphatic rings. The molecule has 25 heavy (non-hydrogen) atoms. The highest BCUT2D eigenvalue weighted by atomic mass is 14.1. The van der Waals surface area contributed by atoms with Crippen molar-refractivity contribution in [1.82, 2.24) is 0 Å². The molecule has 0 aromatic heterocycles. The van der Waals surface area contributed by atoms with Crippen molar-refractivity contribution in [2.45, 2.75) is 0 Å². The Hall–Kier alpha value is -3.06. The summed E-state index contributed by atoms with van der Waals surface area (Å²) in [6.45, 7) is 0. The van der Waals surface area contributed by atoms with E-state index in [4.69, 9.17) is 7.85 Å². The largest absolute Gasteiger partial charge is 0.114 e. The van der Waals surface area contributed by atoms with Crippen LogP contribution in [0, 0.1) is 0 Å². The van der Waals surface area contributed by atoms with Crippen LogP contribution >= 0.6 is 0 Å². The molecule has 4 aromatic rings. The molecule has 0 atom stereocenters. The van der Waals surface area contributed by atoms with E-state index in [9.17, 15) is 0 Å². The number of rotatable bonds is 3. The van der Waals surface area contributed by atoms with Crippen LogP contribution in [0.25, 0.3) is 33.4 Å². The van der Waals surface area contributed by atoms with Gasteiger partial charge in [-0.3, -0.25) is 0 Å². The van der Waals surface area contributed by atoms with Crippen molar-refractivity contribution >= 4 is 13.3 Å². The second kappa shape index (κ2) is 6.82. The van der Waals surface area contributed by atoms with Gasteiger partial charge in [0.1, 0.15) is 7.85 Å². The van der Waals surface area contributed by atoms with Gasteiger partial charge in [-0.25, -0.2) is 0 Å². The Morgan fingerprint density at radius 1 is 0.440 bits per heavy atom. The summed E-state index contributed by atoms with van der Waals surface area (Å²) in [4.78, 5) is 0. The first kappa shape index (κ1) is 15.5. The van der Waals surface area contributed by atoms with E-state index in [2.05, 4.69) is 84.9 Å². The van der Waals surface area contributed by atoms with Crippen molar-refractivity contribution in [1.29, 1.82) is 0 Å². The molecule has 0 spiro atoms. The van der Waals surface area contributed by atoms with E-state index in [-0.39, 0.29) is 0 Å². The molecular formula is C24H17B. The molecule has 0 amide bonds. The third-order valence-corrected chi connectivity index (χ3v) is 4.42. The van der Waals surface area contributed by atoms with Crippen LogP contribution < -0.4 is 5.46 Å². The van der Waals surface area contributed by atoms with Gasteiger partial charge in [0.2, 0.25) is 0 Å². The summed E-state index contributed by atoms with van der Waals surface area (Å²) in [6, 6.07) is 35.5. The van der Waals surface area contributed by atoms with Crippen molar-refractivity contribution in [3.8, 4) is 33.4 Å². The van der Waals surface area contributed by atoms with E-state index in [0.717, 1.165) is 27.7 Å². The van der Waals surface area contributed by atoms with Gasteiger partial charge in [0, 0.05) is 0 Å². The van der Waals surface area contributed by atoms with E-state index < -0.39 is 0 Å². The van der Waals surface area contributed by atoms with E-state index in [1.165, 1.54) is 11.1 Å².